The highest BCUT2D eigenvalue weighted by Gasteiger charge is 2.48. The summed E-state index contributed by atoms with van der Waals surface area (Å²) in [5.74, 6) is 0.393. The smallest absolute Gasteiger partial charge is 0.337 e. The molecule has 0 aliphatic carbocycles. The van der Waals surface area contributed by atoms with Crippen molar-refractivity contribution in [3.05, 3.63) is 59.2 Å². The van der Waals surface area contributed by atoms with E-state index in [9.17, 15) is 4.79 Å². The van der Waals surface area contributed by atoms with E-state index in [4.69, 9.17) is 21.7 Å². The number of anilines is 1. The summed E-state index contributed by atoms with van der Waals surface area (Å²) < 4.78 is 11.2. The predicted molar refractivity (Wildman–Crippen MR) is 104 cm³/mol. The number of aryl methyl sites for hydroxylation is 1. The van der Waals surface area contributed by atoms with Crippen LogP contribution < -0.4 is 15.0 Å². The molecule has 2 aromatic carbocycles. The van der Waals surface area contributed by atoms with Gasteiger partial charge in [-0.05, 0) is 62.0 Å². The van der Waals surface area contributed by atoms with E-state index in [2.05, 4.69) is 24.4 Å². The fourth-order valence-corrected chi connectivity index (χ4v) is 4.22. The second-order valence-electron chi connectivity index (χ2n) is 6.90. The van der Waals surface area contributed by atoms with Gasteiger partial charge in [-0.1, -0.05) is 12.1 Å². The number of thiocarbonyl (C=S) groups is 1. The molecule has 4 rings (SSSR count). The molecule has 2 aliphatic rings. The van der Waals surface area contributed by atoms with Crippen LogP contribution in [0.15, 0.2) is 42.5 Å². The van der Waals surface area contributed by atoms with Crippen molar-refractivity contribution in [2.75, 3.05) is 12.0 Å². The lowest BCUT2D eigenvalue weighted by Crippen LogP contribution is -2.65. The highest BCUT2D eigenvalue weighted by atomic mass is 32.1. The lowest BCUT2D eigenvalue weighted by molar-refractivity contribution is 0.0494. The average molecular weight is 368 g/mol. The topological polar surface area (TPSA) is 50.8 Å². The second kappa shape index (κ2) is 5.99. The number of nitrogens with one attached hydrogen (secondary N) is 1. The van der Waals surface area contributed by atoms with Crippen molar-refractivity contribution in [1.29, 1.82) is 0 Å². The Labute approximate surface area is 157 Å². The lowest BCUT2D eigenvalue weighted by atomic mass is 9.89. The van der Waals surface area contributed by atoms with Crippen LogP contribution in [-0.2, 0) is 4.74 Å². The van der Waals surface area contributed by atoms with Gasteiger partial charge in [0, 0.05) is 17.7 Å². The minimum absolute atomic E-state index is 0.0121. The van der Waals surface area contributed by atoms with E-state index in [1.165, 1.54) is 7.11 Å². The summed E-state index contributed by atoms with van der Waals surface area (Å²) in [6, 6.07) is 13.6. The van der Waals surface area contributed by atoms with E-state index >= 15 is 0 Å². The molecule has 2 heterocycles. The Morgan fingerprint density at radius 1 is 1.35 bits per heavy atom. The van der Waals surface area contributed by atoms with E-state index in [1.54, 1.807) is 6.07 Å². The summed E-state index contributed by atoms with van der Waals surface area (Å²) in [6.07, 6.45) is 0.707. The summed E-state index contributed by atoms with van der Waals surface area (Å²) in [7, 11) is 1.38. The molecule has 1 fully saturated rings. The maximum Gasteiger partial charge on any atom is 0.337 e. The Bertz CT molecular complexity index is 914. The number of fused-ring (bicyclic) bond motifs is 4. The van der Waals surface area contributed by atoms with Gasteiger partial charge < -0.3 is 14.8 Å². The maximum atomic E-state index is 11.9. The van der Waals surface area contributed by atoms with Gasteiger partial charge in [0.1, 0.15) is 5.75 Å². The van der Waals surface area contributed by atoms with Crippen LogP contribution >= 0.6 is 12.2 Å². The molecule has 0 spiro atoms. The van der Waals surface area contributed by atoms with Crippen molar-refractivity contribution in [2.45, 2.75) is 32.0 Å². The number of esters is 1. The first-order valence-electron chi connectivity index (χ1n) is 8.50. The molecule has 134 valence electrons. The van der Waals surface area contributed by atoms with Gasteiger partial charge in [-0.3, -0.25) is 4.90 Å². The molecule has 5 nitrogen and oxygen atoms in total. The molecule has 0 unspecified atom stereocenters. The van der Waals surface area contributed by atoms with E-state index in [-0.39, 0.29) is 12.0 Å². The van der Waals surface area contributed by atoms with Gasteiger partial charge in [0.15, 0.2) is 10.8 Å². The summed E-state index contributed by atoms with van der Waals surface area (Å²) in [5.41, 5.74) is 3.00. The fraction of sp³-hybridized carbons (Fsp3) is 0.300. The Morgan fingerprint density at radius 2 is 2.15 bits per heavy atom. The molecule has 2 aromatic rings. The number of benzene rings is 2. The van der Waals surface area contributed by atoms with Crippen LogP contribution in [0.4, 0.5) is 5.69 Å². The van der Waals surface area contributed by atoms with E-state index in [0.29, 0.717) is 17.1 Å². The summed E-state index contributed by atoms with van der Waals surface area (Å²) in [5, 5.41) is 4.02. The maximum absolute atomic E-state index is 11.9. The van der Waals surface area contributed by atoms with Crippen molar-refractivity contribution >= 4 is 29.0 Å². The van der Waals surface area contributed by atoms with Crippen molar-refractivity contribution in [2.24, 2.45) is 0 Å². The van der Waals surface area contributed by atoms with Gasteiger partial charge in [-0.15, -0.1) is 0 Å². The Balaban J connectivity index is 1.76. The number of hydrogen-bond donors (Lipinski definition) is 1. The quantitative estimate of drug-likeness (QED) is 0.644. The van der Waals surface area contributed by atoms with Gasteiger partial charge in [0.05, 0.1) is 18.7 Å². The van der Waals surface area contributed by atoms with Crippen LogP contribution in [0.5, 0.6) is 5.75 Å². The third-order valence-electron chi connectivity index (χ3n) is 4.95. The van der Waals surface area contributed by atoms with Gasteiger partial charge in [-0.2, -0.15) is 0 Å². The van der Waals surface area contributed by atoms with Crippen LogP contribution in [0.2, 0.25) is 0 Å². The third-order valence-corrected chi connectivity index (χ3v) is 5.25. The molecule has 2 atom stereocenters. The molecule has 1 saturated heterocycles. The summed E-state index contributed by atoms with van der Waals surface area (Å²) >= 11 is 5.66. The summed E-state index contributed by atoms with van der Waals surface area (Å²) in [6.45, 7) is 4.10. The highest BCUT2D eigenvalue weighted by molar-refractivity contribution is 7.80. The predicted octanol–water partition coefficient (Wildman–Crippen LogP) is 3.72. The Hall–Kier alpha value is -2.60. The average Bonchev–Trinajstić information content (AvgIpc) is 2.60. The van der Waals surface area contributed by atoms with Crippen molar-refractivity contribution < 1.29 is 14.3 Å². The van der Waals surface area contributed by atoms with Gasteiger partial charge in [0.2, 0.25) is 0 Å². The molecule has 26 heavy (non-hydrogen) atoms. The van der Waals surface area contributed by atoms with Gasteiger partial charge in [-0.25, -0.2) is 4.79 Å². The number of hydrogen-bond acceptors (Lipinski definition) is 4. The van der Waals surface area contributed by atoms with Crippen LogP contribution in [0.25, 0.3) is 0 Å². The SMILES string of the molecule is COC(=O)c1ccc2c(c1)[C@H]1C[C@](C)(O2)N(c2cccc(C)c2)C(=S)N1. The first-order chi connectivity index (χ1) is 12.4. The van der Waals surface area contributed by atoms with Gasteiger partial charge >= 0.3 is 5.97 Å². The number of methoxy groups -OCH3 is 1. The minimum atomic E-state index is -0.597. The lowest BCUT2D eigenvalue weighted by Gasteiger charge is -2.52. The molecule has 0 aromatic heterocycles. The number of carbonyl (C=O) groups is 1. The van der Waals surface area contributed by atoms with Gasteiger partial charge in [0.25, 0.3) is 0 Å². The molecule has 0 amide bonds. The second-order valence-corrected chi connectivity index (χ2v) is 7.29. The molecule has 2 aliphatic heterocycles. The number of rotatable bonds is 2. The monoisotopic (exact) mass is 368 g/mol. The normalized spacial score (nSPS) is 23.6. The fourth-order valence-electron chi connectivity index (χ4n) is 3.78. The largest absolute Gasteiger partial charge is 0.467 e. The van der Waals surface area contributed by atoms with E-state index in [1.807, 2.05) is 36.1 Å². The highest BCUT2D eigenvalue weighted by Crippen LogP contribution is 2.45. The number of nitrogens with zero attached hydrogens (tertiary/aromatic N) is 1. The zero-order valence-corrected chi connectivity index (χ0v) is 15.7. The molecule has 0 saturated carbocycles. The standard InChI is InChI=1S/C20H20N2O3S/c1-12-5-4-6-14(9-12)22-19(26)21-16-11-20(22,2)25-17-8-7-13(10-15(16)17)18(23)24-3/h4-10,16H,11H2,1-3H3,(H,21,26)/t16-,20+/m1/s1. The zero-order chi connectivity index (χ0) is 18.5. The van der Waals surface area contributed by atoms with E-state index in [0.717, 1.165) is 22.6 Å². The molecule has 1 N–H and O–H groups in total. The van der Waals surface area contributed by atoms with Crippen molar-refractivity contribution in [3.63, 3.8) is 0 Å². The van der Waals surface area contributed by atoms with Crippen molar-refractivity contribution in [1.82, 2.24) is 5.32 Å². The first kappa shape index (κ1) is 16.8. The molecule has 6 heteroatoms. The Kier molecular flexibility index (Phi) is 3.88. The van der Waals surface area contributed by atoms with Crippen LogP contribution in [0, 0.1) is 6.92 Å². The third kappa shape index (κ3) is 2.61. The molecule has 2 bridgehead atoms. The van der Waals surface area contributed by atoms with Crippen molar-refractivity contribution in [3.8, 4) is 5.75 Å². The molecule has 0 radical (unpaired) electrons. The number of carbonyl (C=O) groups excluding carboxylic acids is 1. The Morgan fingerprint density at radius 3 is 2.88 bits per heavy atom. The zero-order valence-electron chi connectivity index (χ0n) is 14.9. The molecular formula is C20H20N2O3S. The summed E-state index contributed by atoms with van der Waals surface area (Å²) in [4.78, 5) is 13.9. The van der Waals surface area contributed by atoms with Crippen LogP contribution in [0.1, 0.15) is 40.9 Å². The molecular weight excluding hydrogens is 348 g/mol. The number of ether oxygens (including phenoxy) is 2. The minimum Gasteiger partial charge on any atom is -0.467 e. The van der Waals surface area contributed by atoms with E-state index < -0.39 is 5.72 Å². The van der Waals surface area contributed by atoms with Crippen LogP contribution in [-0.4, -0.2) is 23.9 Å². The first-order valence-corrected chi connectivity index (χ1v) is 8.91. The van der Waals surface area contributed by atoms with Crippen LogP contribution in [0.3, 0.4) is 0 Å².